The Kier molecular flexibility index (Phi) is 12.2. The molecule has 5 rings (SSSR count). The van der Waals surface area contributed by atoms with Crippen LogP contribution in [0.4, 0.5) is 23.3 Å². The second kappa shape index (κ2) is 15.3. The molecular formula is C19H26MoN8O16P2S2-2. The first-order chi connectivity index (χ1) is 22.3. The van der Waals surface area contributed by atoms with Crippen LogP contribution in [0.25, 0.3) is 0 Å². The molecule has 0 aromatic carbocycles. The van der Waals surface area contributed by atoms with Crippen molar-refractivity contribution in [1.82, 2.24) is 19.5 Å². The monoisotopic (exact) mass is 846 g/mol. The number of H-pyrrole nitrogens is 1. The Labute approximate surface area is 284 Å². The van der Waals surface area contributed by atoms with E-state index in [1.807, 2.05) is 0 Å². The van der Waals surface area contributed by atoms with Gasteiger partial charge in [0.1, 0.15) is 29.8 Å². The first-order valence-electron chi connectivity index (χ1n) is 12.8. The number of nitrogens with zero attached hydrogens (tertiary/aromatic N) is 3. The Morgan fingerprint density at radius 3 is 2.31 bits per heavy atom. The van der Waals surface area contributed by atoms with Gasteiger partial charge in [0, 0.05) is 6.20 Å². The molecule has 0 aliphatic carbocycles. The van der Waals surface area contributed by atoms with Crippen LogP contribution in [0.2, 0.25) is 0 Å². The molecule has 0 saturated carbocycles. The van der Waals surface area contributed by atoms with Crippen molar-refractivity contribution in [2.75, 3.05) is 35.3 Å². The molecule has 29 heteroatoms. The van der Waals surface area contributed by atoms with Crippen LogP contribution in [-0.2, 0) is 78.7 Å². The molecule has 0 bridgehead atoms. The molecule has 0 radical (unpaired) electrons. The zero-order valence-electron chi connectivity index (χ0n) is 23.5. The van der Waals surface area contributed by atoms with Crippen molar-refractivity contribution in [3.63, 3.8) is 0 Å². The van der Waals surface area contributed by atoms with Gasteiger partial charge in [-0.25, -0.2) is 13.9 Å². The van der Waals surface area contributed by atoms with Gasteiger partial charge in [0.25, 0.3) is 5.56 Å². The topological polar surface area (TPSA) is 381 Å². The van der Waals surface area contributed by atoms with Crippen molar-refractivity contribution in [1.29, 1.82) is 0 Å². The number of aromatic amines is 1. The van der Waals surface area contributed by atoms with Gasteiger partial charge in [-0.05, 0) is 6.07 Å². The van der Waals surface area contributed by atoms with E-state index in [9.17, 15) is 38.7 Å². The number of rotatable bonds is 9. The van der Waals surface area contributed by atoms with Crippen LogP contribution in [0.1, 0.15) is 6.23 Å². The minimum atomic E-state index is -5.37. The van der Waals surface area contributed by atoms with E-state index in [2.05, 4.69) is 34.4 Å². The Bertz CT molecular complexity index is 1800. The van der Waals surface area contributed by atoms with Crippen LogP contribution in [-0.4, -0.2) is 93.2 Å². The predicted octanol–water partition coefficient (Wildman–Crippen LogP) is -4.84. The number of anilines is 4. The quantitative estimate of drug-likeness (QED) is 0.0495. The van der Waals surface area contributed by atoms with Gasteiger partial charge in [-0.3, -0.25) is 23.4 Å². The Hall–Kier alpha value is -2.35. The summed E-state index contributed by atoms with van der Waals surface area (Å²) < 4.78 is 73.9. The van der Waals surface area contributed by atoms with Gasteiger partial charge >= 0.3 is 50.3 Å². The van der Waals surface area contributed by atoms with Crippen LogP contribution in [0.3, 0.4) is 0 Å². The summed E-state index contributed by atoms with van der Waals surface area (Å²) in [4.78, 5) is 54.2. The van der Waals surface area contributed by atoms with E-state index in [4.69, 9.17) is 61.6 Å². The first kappa shape index (κ1) is 38.5. The first-order valence-corrected chi connectivity index (χ1v) is 19.2. The molecule has 1 saturated heterocycles. The van der Waals surface area contributed by atoms with Gasteiger partial charge in [0.15, 0.2) is 18.3 Å². The summed E-state index contributed by atoms with van der Waals surface area (Å²) >= 11 is 7.05. The number of nitrogens with two attached hydrogens (primary N) is 2. The van der Waals surface area contributed by atoms with E-state index in [0.717, 1.165) is 10.8 Å². The molecular weight excluding hydrogens is 818 g/mol. The third kappa shape index (κ3) is 9.25. The SMILES string of the molecule is Nc1ccn([C@@H]2O[C@H](COP(=O)(O)OP(=O)(O)OC[C@H]3O[C@H]4Nc5nc(N)[nH]c(=O)c5N[C@H]4C([S-])=C3[S-])[C@@H](O)[C@H]2O)c(=O)n1.[O]=[Mo]([O-])[OH2+]. The summed E-state index contributed by atoms with van der Waals surface area (Å²) in [6, 6.07) is 0.424. The van der Waals surface area contributed by atoms with Crippen molar-refractivity contribution in [3.8, 4) is 0 Å². The predicted molar refractivity (Wildman–Crippen MR) is 156 cm³/mol. The van der Waals surface area contributed by atoms with E-state index < -0.39 is 101 Å². The van der Waals surface area contributed by atoms with Crippen LogP contribution in [0.15, 0.2) is 31.7 Å². The fourth-order valence-corrected chi connectivity index (χ4v) is 7.03. The molecule has 5 heterocycles. The number of aromatic nitrogens is 4. The summed E-state index contributed by atoms with van der Waals surface area (Å²) in [5.74, 6) is -0.236. The minimum absolute atomic E-state index is 0.0295. The van der Waals surface area contributed by atoms with Crippen molar-refractivity contribution in [3.05, 3.63) is 42.9 Å². The number of phosphoric ester groups is 2. The fraction of sp³-hybridized carbons (Fsp3) is 0.474. The Morgan fingerprint density at radius 1 is 1.06 bits per heavy atom. The van der Waals surface area contributed by atoms with Gasteiger partial charge in [-0.15, -0.1) is 0 Å². The molecule has 2 aromatic rings. The van der Waals surface area contributed by atoms with Crippen LogP contribution in [0, 0.1) is 0 Å². The van der Waals surface area contributed by atoms with E-state index in [1.54, 1.807) is 0 Å². The van der Waals surface area contributed by atoms with E-state index >= 15 is 0 Å². The molecule has 0 spiro atoms. The Morgan fingerprint density at radius 2 is 1.69 bits per heavy atom. The van der Waals surface area contributed by atoms with Gasteiger partial charge in [-0.1, -0.05) is 0 Å². The number of nitrogens with one attached hydrogen (secondary N) is 3. The molecule has 13 N–H and O–H groups in total. The molecule has 9 atom stereocenters. The molecule has 3 aliphatic rings. The summed E-state index contributed by atoms with van der Waals surface area (Å²) in [6.45, 7) is -1.72. The maximum absolute atomic E-state index is 12.5. The van der Waals surface area contributed by atoms with Gasteiger partial charge < -0.3 is 76.8 Å². The number of aliphatic hydroxyl groups is 2. The average molecular weight is 844 g/mol. The number of nitrogen functional groups attached to an aromatic ring is 2. The standard InChI is InChI=1S/C19H26N8O13P2S2.Mo.H2O.2O/c20-7-1-2-27(19(31)22-7)17-11(29)10(28)5(39-17)3-36-41(32,33)40-42(34,35)37-4-6-12(43)13(44)8-16(38-6)24-14-9(23-8)15(30)26-18(21)25-14;;;;/h1-2,5-6,8,10-11,16-17,23,28-29,43-44H,3-4H2,(H,32,33)(H,34,35)(H2,20,22,31)(H4,21,24,25,26,30);;1H2;;/q;+1;;;-1/p-2/t5-,6-,8+,10-,11-,16-,17-;;;;/m1..../s1. The van der Waals surface area contributed by atoms with E-state index in [1.165, 1.54) is 6.07 Å². The second-order valence-electron chi connectivity index (χ2n) is 9.65. The number of ether oxygens (including phenoxy) is 2. The third-order valence-corrected chi connectivity index (χ3v) is 10.1. The summed E-state index contributed by atoms with van der Waals surface area (Å²) in [5, 5.41) is 26.2. The third-order valence-electron chi connectivity index (χ3n) is 6.41. The molecule has 2 unspecified atom stereocenters. The summed E-state index contributed by atoms with van der Waals surface area (Å²) in [7, 11) is -10.7. The molecule has 0 amide bonds. The van der Waals surface area contributed by atoms with Gasteiger partial charge in [-0.2, -0.15) is 24.1 Å². The summed E-state index contributed by atoms with van der Waals surface area (Å²) in [5.41, 5.74) is 9.54. The molecule has 1 fully saturated rings. The molecule has 268 valence electrons. The zero-order valence-corrected chi connectivity index (χ0v) is 28.9. The number of hydrogen-bond acceptors (Lipinski definition) is 21. The number of aliphatic hydroxyl groups excluding tert-OH is 2. The molecule has 2 aromatic heterocycles. The number of hydrogen-bond donors (Lipinski definition) is 9. The van der Waals surface area contributed by atoms with Crippen molar-refractivity contribution < 1.29 is 80.9 Å². The number of phosphoric acid groups is 2. The van der Waals surface area contributed by atoms with Crippen LogP contribution < -0.4 is 37.1 Å². The van der Waals surface area contributed by atoms with Crippen molar-refractivity contribution >= 4 is 64.2 Å². The molecule has 48 heavy (non-hydrogen) atoms. The molecule has 24 nitrogen and oxygen atoms in total. The summed E-state index contributed by atoms with van der Waals surface area (Å²) in [6.07, 6.45) is -7.44. The average Bonchev–Trinajstić information content (AvgIpc) is 3.24. The fourth-order valence-electron chi connectivity index (χ4n) is 4.38. The van der Waals surface area contributed by atoms with Gasteiger partial charge in [0.05, 0.1) is 25.4 Å². The van der Waals surface area contributed by atoms with Crippen molar-refractivity contribution in [2.45, 2.75) is 42.9 Å². The zero-order chi connectivity index (χ0) is 35.7. The normalized spacial score (nSPS) is 28.9. The van der Waals surface area contributed by atoms with Crippen LogP contribution >= 0.6 is 15.6 Å². The van der Waals surface area contributed by atoms with E-state index in [0.29, 0.717) is 0 Å². The van der Waals surface area contributed by atoms with Crippen molar-refractivity contribution in [2.24, 2.45) is 0 Å². The van der Waals surface area contributed by atoms with Gasteiger partial charge in [0.2, 0.25) is 5.95 Å². The Balaban J connectivity index is 0.00000123. The number of fused-ring (bicyclic) bond motifs is 2. The van der Waals surface area contributed by atoms with E-state index in [-0.39, 0.29) is 33.1 Å². The second-order valence-corrected chi connectivity index (χ2v) is 14.7. The van der Waals surface area contributed by atoms with Crippen LogP contribution in [0.5, 0.6) is 0 Å². The maximum atomic E-state index is 12.5. The molecule has 3 aliphatic heterocycles.